The maximum Gasteiger partial charge on any atom is 0.257 e. The lowest BCUT2D eigenvalue weighted by Gasteiger charge is -2.19. The molecule has 0 saturated carbocycles. The topological polar surface area (TPSA) is 42.4 Å². The van der Waals surface area contributed by atoms with Gasteiger partial charge in [0, 0.05) is 25.4 Å². The lowest BCUT2D eigenvalue weighted by Crippen LogP contribution is -2.26. The molecule has 4 nitrogen and oxygen atoms in total. The minimum Gasteiger partial charge on any atom is -0.496 e. The molecule has 0 atom stereocenters. The summed E-state index contributed by atoms with van der Waals surface area (Å²) in [5.74, 6) is 0.592. The van der Waals surface area contributed by atoms with Crippen LogP contribution in [-0.2, 0) is 6.54 Å². The van der Waals surface area contributed by atoms with Crippen molar-refractivity contribution in [2.24, 2.45) is 0 Å². The zero-order chi connectivity index (χ0) is 15.4. The Balaban J connectivity index is 2.22. The first-order valence-corrected chi connectivity index (χ1v) is 6.90. The zero-order valence-corrected chi connectivity index (χ0v) is 13.0. The van der Waals surface area contributed by atoms with Crippen molar-refractivity contribution in [1.29, 1.82) is 0 Å². The van der Waals surface area contributed by atoms with Crippen molar-refractivity contribution in [3.05, 3.63) is 58.4 Å². The fraction of sp³-hybridized carbons (Fsp3) is 0.250. The van der Waals surface area contributed by atoms with Crippen LogP contribution in [0.4, 0.5) is 0 Å². The first-order valence-electron chi connectivity index (χ1n) is 6.52. The standard InChI is InChI=1S/C16H17ClN2O2/c1-11-6-7-14(21-3)12(9-11)10-19(2)16(20)13-5-4-8-18-15(13)17/h4-9H,10H2,1-3H3. The average molecular weight is 305 g/mol. The number of methoxy groups -OCH3 is 1. The van der Waals surface area contributed by atoms with E-state index in [2.05, 4.69) is 4.98 Å². The summed E-state index contributed by atoms with van der Waals surface area (Å²) in [6, 6.07) is 9.25. The molecule has 110 valence electrons. The fourth-order valence-electron chi connectivity index (χ4n) is 2.11. The molecule has 0 saturated heterocycles. The third kappa shape index (κ3) is 3.52. The van der Waals surface area contributed by atoms with Gasteiger partial charge in [-0.15, -0.1) is 0 Å². The number of nitrogens with zero attached hydrogens (tertiary/aromatic N) is 2. The average Bonchev–Trinajstić information content (AvgIpc) is 2.47. The number of rotatable bonds is 4. The second kappa shape index (κ2) is 6.59. The van der Waals surface area contributed by atoms with Gasteiger partial charge in [0.05, 0.1) is 12.7 Å². The number of hydrogen-bond donors (Lipinski definition) is 0. The number of pyridine rings is 1. The summed E-state index contributed by atoms with van der Waals surface area (Å²) in [5, 5.41) is 0.213. The number of hydrogen-bond acceptors (Lipinski definition) is 3. The molecule has 2 rings (SSSR count). The highest BCUT2D eigenvalue weighted by Crippen LogP contribution is 2.22. The number of ether oxygens (including phenoxy) is 1. The molecule has 0 fully saturated rings. The van der Waals surface area contributed by atoms with Crippen molar-refractivity contribution in [1.82, 2.24) is 9.88 Å². The molecule has 5 heteroatoms. The van der Waals surface area contributed by atoms with Gasteiger partial charge in [-0.05, 0) is 25.1 Å². The largest absolute Gasteiger partial charge is 0.496 e. The van der Waals surface area contributed by atoms with E-state index in [9.17, 15) is 4.79 Å². The van der Waals surface area contributed by atoms with E-state index in [-0.39, 0.29) is 11.1 Å². The highest BCUT2D eigenvalue weighted by atomic mass is 35.5. The van der Waals surface area contributed by atoms with Gasteiger partial charge in [-0.1, -0.05) is 29.3 Å². The molecule has 1 heterocycles. The summed E-state index contributed by atoms with van der Waals surface area (Å²) in [6.45, 7) is 2.44. The molecule has 0 aliphatic carbocycles. The van der Waals surface area contributed by atoms with Crippen LogP contribution in [0.2, 0.25) is 5.15 Å². The quantitative estimate of drug-likeness (QED) is 0.814. The van der Waals surface area contributed by atoms with Crippen molar-refractivity contribution in [2.75, 3.05) is 14.2 Å². The zero-order valence-electron chi connectivity index (χ0n) is 12.3. The van der Waals surface area contributed by atoms with E-state index in [4.69, 9.17) is 16.3 Å². The van der Waals surface area contributed by atoms with Crippen LogP contribution in [0, 0.1) is 6.92 Å². The third-order valence-electron chi connectivity index (χ3n) is 3.18. The minimum atomic E-state index is -0.170. The highest BCUT2D eigenvalue weighted by Gasteiger charge is 2.17. The number of carbonyl (C=O) groups excluding carboxylic acids is 1. The van der Waals surface area contributed by atoms with E-state index < -0.39 is 0 Å². The molecule has 0 bridgehead atoms. The molecule has 0 aliphatic rings. The van der Waals surface area contributed by atoms with Crippen LogP contribution in [0.3, 0.4) is 0 Å². The maximum atomic E-state index is 12.4. The van der Waals surface area contributed by atoms with Crippen LogP contribution in [0.1, 0.15) is 21.5 Å². The number of amides is 1. The van der Waals surface area contributed by atoms with E-state index >= 15 is 0 Å². The molecule has 21 heavy (non-hydrogen) atoms. The van der Waals surface area contributed by atoms with Crippen molar-refractivity contribution in [3.63, 3.8) is 0 Å². The molecule has 1 aromatic heterocycles. The van der Waals surface area contributed by atoms with E-state index in [1.54, 1.807) is 37.4 Å². The van der Waals surface area contributed by atoms with Gasteiger partial charge < -0.3 is 9.64 Å². The van der Waals surface area contributed by atoms with Crippen molar-refractivity contribution >= 4 is 17.5 Å². The van der Waals surface area contributed by atoms with Gasteiger partial charge in [0.1, 0.15) is 10.9 Å². The summed E-state index contributed by atoms with van der Waals surface area (Å²) in [6.07, 6.45) is 1.56. The van der Waals surface area contributed by atoms with Crippen molar-refractivity contribution in [3.8, 4) is 5.75 Å². The van der Waals surface area contributed by atoms with Gasteiger partial charge in [0.2, 0.25) is 0 Å². The molecule has 0 unspecified atom stereocenters. The Bertz CT molecular complexity index is 658. The first kappa shape index (κ1) is 15.3. The molecule has 1 aromatic carbocycles. The SMILES string of the molecule is COc1ccc(C)cc1CN(C)C(=O)c1cccnc1Cl. The highest BCUT2D eigenvalue weighted by molar-refractivity contribution is 6.32. The normalized spacial score (nSPS) is 10.3. The summed E-state index contributed by atoms with van der Waals surface area (Å²) in [4.78, 5) is 17.9. The molecule has 1 amide bonds. The first-order chi connectivity index (χ1) is 10.0. The molecule has 0 aliphatic heterocycles. The van der Waals surface area contributed by atoms with E-state index in [1.807, 2.05) is 25.1 Å². The van der Waals surface area contributed by atoms with Gasteiger partial charge in [-0.2, -0.15) is 0 Å². The minimum absolute atomic E-state index is 0.170. The summed E-state index contributed by atoms with van der Waals surface area (Å²) in [5.41, 5.74) is 2.47. The Kier molecular flexibility index (Phi) is 4.81. The molecular formula is C16H17ClN2O2. The smallest absolute Gasteiger partial charge is 0.257 e. The summed E-state index contributed by atoms with van der Waals surface area (Å²) < 4.78 is 5.33. The number of aromatic nitrogens is 1. The molecule has 0 spiro atoms. The lowest BCUT2D eigenvalue weighted by molar-refractivity contribution is 0.0784. The van der Waals surface area contributed by atoms with E-state index in [1.165, 1.54) is 0 Å². The number of halogens is 1. The molecular weight excluding hydrogens is 288 g/mol. The molecule has 2 aromatic rings. The van der Waals surface area contributed by atoms with Crippen molar-refractivity contribution < 1.29 is 9.53 Å². The van der Waals surface area contributed by atoms with Gasteiger partial charge in [-0.3, -0.25) is 4.79 Å². The van der Waals surface area contributed by atoms with Crippen LogP contribution < -0.4 is 4.74 Å². The Labute approximate surface area is 129 Å². The Morgan fingerprint density at radius 2 is 2.14 bits per heavy atom. The third-order valence-corrected chi connectivity index (χ3v) is 3.48. The summed E-state index contributed by atoms with van der Waals surface area (Å²) >= 11 is 5.97. The van der Waals surface area contributed by atoms with Crippen LogP contribution in [0.5, 0.6) is 5.75 Å². The van der Waals surface area contributed by atoms with Gasteiger partial charge in [0.15, 0.2) is 0 Å². The fourth-order valence-corrected chi connectivity index (χ4v) is 2.31. The van der Waals surface area contributed by atoms with E-state index in [0.717, 1.165) is 16.9 Å². The van der Waals surface area contributed by atoms with Crippen LogP contribution in [0.15, 0.2) is 36.5 Å². The second-order valence-corrected chi connectivity index (χ2v) is 5.18. The monoisotopic (exact) mass is 304 g/mol. The summed E-state index contributed by atoms with van der Waals surface area (Å²) in [7, 11) is 3.35. The van der Waals surface area contributed by atoms with Gasteiger partial charge >= 0.3 is 0 Å². The number of carbonyl (C=O) groups is 1. The van der Waals surface area contributed by atoms with Crippen molar-refractivity contribution in [2.45, 2.75) is 13.5 Å². The number of benzene rings is 1. The predicted octanol–water partition coefficient (Wildman–Crippen LogP) is 3.32. The second-order valence-electron chi connectivity index (χ2n) is 4.82. The number of aryl methyl sites for hydroxylation is 1. The van der Waals surface area contributed by atoms with Crippen LogP contribution >= 0.6 is 11.6 Å². The Morgan fingerprint density at radius 1 is 1.38 bits per heavy atom. The Morgan fingerprint density at radius 3 is 2.81 bits per heavy atom. The van der Waals surface area contributed by atoms with Gasteiger partial charge in [-0.25, -0.2) is 4.98 Å². The van der Waals surface area contributed by atoms with Gasteiger partial charge in [0.25, 0.3) is 5.91 Å². The Hall–Kier alpha value is -2.07. The lowest BCUT2D eigenvalue weighted by atomic mass is 10.1. The molecule has 0 N–H and O–H groups in total. The van der Waals surface area contributed by atoms with Crippen LogP contribution in [0.25, 0.3) is 0 Å². The predicted molar refractivity (Wildman–Crippen MR) is 82.8 cm³/mol. The van der Waals surface area contributed by atoms with Crippen LogP contribution in [-0.4, -0.2) is 29.9 Å². The van der Waals surface area contributed by atoms with E-state index in [0.29, 0.717) is 12.1 Å². The molecule has 0 radical (unpaired) electrons. The maximum absolute atomic E-state index is 12.4.